The smallest absolute Gasteiger partial charge is 0.337 e. The van der Waals surface area contributed by atoms with Gasteiger partial charge in [0.25, 0.3) is 0 Å². The summed E-state index contributed by atoms with van der Waals surface area (Å²) in [5.41, 5.74) is 6.12. The average Bonchev–Trinajstić information content (AvgIpc) is 3.06. The van der Waals surface area contributed by atoms with E-state index >= 15 is 0 Å². The van der Waals surface area contributed by atoms with Gasteiger partial charge in [0.15, 0.2) is 0 Å². The van der Waals surface area contributed by atoms with E-state index in [4.69, 9.17) is 4.74 Å². The Bertz CT molecular complexity index is 1190. The summed E-state index contributed by atoms with van der Waals surface area (Å²) >= 11 is 0. The molecule has 166 valence electrons. The molecule has 1 aliphatic heterocycles. The van der Waals surface area contributed by atoms with Crippen molar-refractivity contribution in [2.45, 2.75) is 44.6 Å². The molecule has 32 heavy (non-hydrogen) atoms. The Labute approximate surface area is 187 Å². The Morgan fingerprint density at radius 1 is 1.06 bits per heavy atom. The number of aliphatic carboxylic acids is 1. The first-order chi connectivity index (χ1) is 15.6. The van der Waals surface area contributed by atoms with Gasteiger partial charge in [-0.2, -0.15) is 0 Å². The van der Waals surface area contributed by atoms with Crippen LogP contribution >= 0.6 is 0 Å². The molecule has 1 saturated carbocycles. The molecule has 3 aromatic rings. The number of methoxy groups -OCH3 is 1. The first-order valence-electron chi connectivity index (χ1n) is 11.4. The molecule has 0 saturated heterocycles. The lowest BCUT2D eigenvalue weighted by Crippen LogP contribution is -2.31. The van der Waals surface area contributed by atoms with Crippen molar-refractivity contribution < 1.29 is 19.4 Å². The van der Waals surface area contributed by atoms with E-state index in [1.54, 1.807) is 0 Å². The molecule has 1 aliphatic carbocycles. The standard InChI is InChI=1S/C26H28N2O4/c1-32-26(31)18-11-12-19-22(15-18)28-14-13-27(16-23(29)30)21-10-6-5-9-20(21)25(28)24(19)17-7-3-2-4-8-17/h5-6,9-12,15,17H,2-4,7-8,13-14,16H2,1H3,(H,29,30). The summed E-state index contributed by atoms with van der Waals surface area (Å²) in [4.78, 5) is 25.8. The molecule has 6 heteroatoms. The quantitative estimate of drug-likeness (QED) is 0.585. The lowest BCUT2D eigenvalue weighted by atomic mass is 9.81. The number of carboxylic acids is 1. The number of nitrogens with zero attached hydrogens (tertiary/aromatic N) is 2. The molecule has 2 aromatic carbocycles. The maximum absolute atomic E-state index is 12.3. The molecule has 0 radical (unpaired) electrons. The van der Waals surface area contributed by atoms with E-state index in [-0.39, 0.29) is 12.5 Å². The van der Waals surface area contributed by atoms with E-state index in [1.165, 1.54) is 43.0 Å². The number of anilines is 1. The Kier molecular flexibility index (Phi) is 5.37. The third kappa shape index (κ3) is 3.44. The Morgan fingerprint density at radius 3 is 2.59 bits per heavy atom. The molecular weight excluding hydrogens is 404 g/mol. The maximum atomic E-state index is 12.3. The van der Waals surface area contributed by atoms with Crippen LogP contribution < -0.4 is 4.90 Å². The first kappa shape index (κ1) is 20.6. The molecule has 0 amide bonds. The molecule has 1 N–H and O–H groups in total. The van der Waals surface area contributed by atoms with E-state index in [2.05, 4.69) is 16.7 Å². The average molecular weight is 433 g/mol. The van der Waals surface area contributed by atoms with Gasteiger partial charge in [0, 0.05) is 35.2 Å². The molecule has 1 fully saturated rings. The predicted octanol–water partition coefficient (Wildman–Crippen LogP) is 5.05. The number of hydrogen-bond donors (Lipinski definition) is 1. The van der Waals surface area contributed by atoms with Gasteiger partial charge in [-0.1, -0.05) is 43.5 Å². The van der Waals surface area contributed by atoms with Gasteiger partial charge < -0.3 is 19.3 Å². The highest BCUT2D eigenvalue weighted by Gasteiger charge is 2.30. The number of hydrogen-bond acceptors (Lipinski definition) is 4. The SMILES string of the molecule is COC(=O)c1ccc2c(C3CCCCC3)c3n(c2c1)CCN(CC(=O)O)c1ccccc1-3. The highest BCUT2D eigenvalue weighted by Crippen LogP contribution is 2.47. The largest absolute Gasteiger partial charge is 0.480 e. The fraction of sp³-hybridized carbons (Fsp3) is 0.385. The van der Waals surface area contributed by atoms with Gasteiger partial charge in [-0.3, -0.25) is 4.79 Å². The topological polar surface area (TPSA) is 71.8 Å². The van der Waals surface area contributed by atoms with Crippen LogP contribution in [0.15, 0.2) is 42.5 Å². The molecule has 2 aliphatic rings. The summed E-state index contributed by atoms with van der Waals surface area (Å²) in [6.45, 7) is 1.21. The van der Waals surface area contributed by atoms with E-state index in [0.717, 1.165) is 29.6 Å². The fourth-order valence-electron chi connectivity index (χ4n) is 5.57. The summed E-state index contributed by atoms with van der Waals surface area (Å²) < 4.78 is 7.27. The van der Waals surface area contributed by atoms with Crippen LogP contribution in [0.25, 0.3) is 22.2 Å². The van der Waals surface area contributed by atoms with Gasteiger partial charge in [0.05, 0.1) is 18.4 Å². The molecular formula is C26H28N2O4. The predicted molar refractivity (Wildman–Crippen MR) is 124 cm³/mol. The van der Waals surface area contributed by atoms with Crippen LogP contribution in [-0.4, -0.2) is 41.8 Å². The Morgan fingerprint density at radius 2 is 1.84 bits per heavy atom. The summed E-state index contributed by atoms with van der Waals surface area (Å²) in [6.07, 6.45) is 6.05. The van der Waals surface area contributed by atoms with Crippen LogP contribution in [0, 0.1) is 0 Å². The van der Waals surface area contributed by atoms with Crippen molar-refractivity contribution in [2.24, 2.45) is 0 Å². The number of benzene rings is 2. The zero-order valence-electron chi connectivity index (χ0n) is 18.3. The maximum Gasteiger partial charge on any atom is 0.337 e. The van der Waals surface area contributed by atoms with Crippen LogP contribution in [0.4, 0.5) is 5.69 Å². The molecule has 6 nitrogen and oxygen atoms in total. The second kappa shape index (κ2) is 8.34. The molecule has 0 atom stereocenters. The van der Waals surface area contributed by atoms with Crippen molar-refractivity contribution >= 4 is 28.5 Å². The van der Waals surface area contributed by atoms with E-state index in [9.17, 15) is 14.7 Å². The van der Waals surface area contributed by atoms with Crippen LogP contribution in [0.3, 0.4) is 0 Å². The van der Waals surface area contributed by atoms with Gasteiger partial charge >= 0.3 is 11.9 Å². The number of para-hydroxylation sites is 1. The molecule has 0 unspecified atom stereocenters. The summed E-state index contributed by atoms with van der Waals surface area (Å²) in [5.74, 6) is -0.717. The van der Waals surface area contributed by atoms with Gasteiger partial charge in [0.1, 0.15) is 6.54 Å². The van der Waals surface area contributed by atoms with Crippen molar-refractivity contribution in [3.63, 3.8) is 0 Å². The third-order valence-electron chi connectivity index (χ3n) is 6.96. The van der Waals surface area contributed by atoms with Gasteiger partial charge in [-0.05, 0) is 42.5 Å². The number of carbonyl (C=O) groups excluding carboxylic acids is 1. The van der Waals surface area contributed by atoms with E-state index in [0.29, 0.717) is 24.6 Å². The Balaban J connectivity index is 1.78. The van der Waals surface area contributed by atoms with Crippen LogP contribution in [0.5, 0.6) is 0 Å². The monoisotopic (exact) mass is 432 g/mol. The number of rotatable bonds is 4. The lowest BCUT2D eigenvalue weighted by molar-refractivity contribution is -0.135. The molecule has 1 aromatic heterocycles. The van der Waals surface area contributed by atoms with E-state index < -0.39 is 5.97 Å². The third-order valence-corrected chi connectivity index (χ3v) is 6.96. The molecule has 0 bridgehead atoms. The zero-order valence-corrected chi connectivity index (χ0v) is 18.3. The zero-order chi connectivity index (χ0) is 22.2. The molecule has 2 heterocycles. The first-order valence-corrected chi connectivity index (χ1v) is 11.4. The second-order valence-corrected chi connectivity index (χ2v) is 8.80. The lowest BCUT2D eigenvalue weighted by Gasteiger charge is -2.25. The van der Waals surface area contributed by atoms with Crippen LogP contribution in [0.1, 0.15) is 53.9 Å². The van der Waals surface area contributed by atoms with Gasteiger partial charge in [-0.25, -0.2) is 4.79 Å². The normalized spacial score (nSPS) is 16.3. The highest BCUT2D eigenvalue weighted by atomic mass is 16.5. The Hall–Kier alpha value is -3.28. The minimum atomic E-state index is -0.836. The molecule has 0 spiro atoms. The van der Waals surface area contributed by atoms with Gasteiger partial charge in [-0.15, -0.1) is 0 Å². The number of aromatic nitrogens is 1. The van der Waals surface area contributed by atoms with Crippen LogP contribution in [-0.2, 0) is 16.1 Å². The summed E-state index contributed by atoms with van der Waals surface area (Å²) in [6, 6.07) is 14.0. The minimum absolute atomic E-state index is 0.0358. The summed E-state index contributed by atoms with van der Waals surface area (Å²) in [7, 11) is 1.40. The number of esters is 1. The van der Waals surface area contributed by atoms with Crippen molar-refractivity contribution in [1.82, 2.24) is 4.57 Å². The van der Waals surface area contributed by atoms with E-state index in [1.807, 2.05) is 35.2 Å². The van der Waals surface area contributed by atoms with Crippen LogP contribution in [0.2, 0.25) is 0 Å². The van der Waals surface area contributed by atoms with Crippen molar-refractivity contribution in [3.05, 3.63) is 53.6 Å². The highest BCUT2D eigenvalue weighted by molar-refractivity contribution is 6.00. The molecule has 5 rings (SSSR count). The minimum Gasteiger partial charge on any atom is -0.480 e. The van der Waals surface area contributed by atoms with Crippen molar-refractivity contribution in [1.29, 1.82) is 0 Å². The van der Waals surface area contributed by atoms with Gasteiger partial charge in [0.2, 0.25) is 0 Å². The number of ether oxygens (including phenoxy) is 1. The number of carbonyl (C=O) groups is 2. The number of fused-ring (bicyclic) bond motifs is 5. The fourth-order valence-corrected chi connectivity index (χ4v) is 5.57. The summed E-state index contributed by atoms with van der Waals surface area (Å²) in [5, 5.41) is 10.7. The van der Waals surface area contributed by atoms with Crippen molar-refractivity contribution in [3.8, 4) is 11.3 Å². The van der Waals surface area contributed by atoms with Crippen molar-refractivity contribution in [2.75, 3.05) is 25.1 Å². The second-order valence-electron chi connectivity index (χ2n) is 8.80. The number of carboxylic acid groups (broad SMARTS) is 1.